The Balaban J connectivity index is 2.01. The highest BCUT2D eigenvalue weighted by molar-refractivity contribution is 6.33. The number of ether oxygens (including phenoxy) is 2. The summed E-state index contributed by atoms with van der Waals surface area (Å²) in [4.78, 5) is 31.1. The third kappa shape index (κ3) is 8.32. The molecule has 2 aromatic rings. The van der Waals surface area contributed by atoms with Crippen molar-refractivity contribution in [2.24, 2.45) is 0 Å². The molecule has 9 heteroatoms. The zero-order chi connectivity index (χ0) is 22.5. The number of benzene rings is 1. The molecule has 0 aliphatic heterocycles. The number of halogens is 1. The van der Waals surface area contributed by atoms with E-state index in [0.29, 0.717) is 62.9 Å². The third-order valence-electron chi connectivity index (χ3n) is 4.38. The monoisotopic (exact) mass is 451 g/mol. The average molecular weight is 452 g/mol. The molecule has 1 N–H and O–H groups in total. The summed E-state index contributed by atoms with van der Waals surface area (Å²) < 4.78 is 16.1. The lowest BCUT2D eigenvalue weighted by atomic mass is 10.2. The van der Waals surface area contributed by atoms with Gasteiger partial charge in [0.1, 0.15) is 6.26 Å². The molecule has 0 saturated heterocycles. The molecule has 2 rings (SSSR count). The van der Waals surface area contributed by atoms with Gasteiger partial charge in [0.25, 0.3) is 11.8 Å². The zero-order valence-electron chi connectivity index (χ0n) is 18.1. The minimum absolute atomic E-state index is 0.119. The van der Waals surface area contributed by atoms with E-state index in [1.165, 1.54) is 6.26 Å². The van der Waals surface area contributed by atoms with Crippen molar-refractivity contribution in [1.29, 1.82) is 0 Å². The van der Waals surface area contributed by atoms with Crippen molar-refractivity contribution < 1.29 is 23.5 Å². The first-order valence-corrected chi connectivity index (χ1v) is 10.9. The lowest BCUT2D eigenvalue weighted by molar-refractivity contribution is 0.0696. The van der Waals surface area contributed by atoms with Gasteiger partial charge in [-0.15, -0.1) is 0 Å². The molecular formula is C22H30ClN3O5. The van der Waals surface area contributed by atoms with Gasteiger partial charge in [0.15, 0.2) is 5.69 Å². The van der Waals surface area contributed by atoms with Gasteiger partial charge in [0.05, 0.1) is 17.1 Å². The molecule has 8 nitrogen and oxygen atoms in total. The molecule has 0 aliphatic carbocycles. The van der Waals surface area contributed by atoms with Gasteiger partial charge in [-0.2, -0.15) is 0 Å². The second-order valence-corrected chi connectivity index (χ2v) is 7.10. The Kier molecular flexibility index (Phi) is 11.1. The Hall–Kier alpha value is -2.42. The first-order valence-electron chi connectivity index (χ1n) is 10.5. The Morgan fingerprint density at radius 2 is 1.84 bits per heavy atom. The lowest BCUT2D eigenvalue weighted by Crippen LogP contribution is -2.32. The fourth-order valence-corrected chi connectivity index (χ4v) is 3.04. The van der Waals surface area contributed by atoms with Gasteiger partial charge in [-0.05, 0) is 38.8 Å². The number of rotatable bonds is 14. The Bertz CT molecular complexity index is 827. The van der Waals surface area contributed by atoms with Crippen LogP contribution in [0.4, 0.5) is 0 Å². The minimum atomic E-state index is -0.327. The molecule has 1 heterocycles. The van der Waals surface area contributed by atoms with E-state index in [9.17, 15) is 9.59 Å². The maximum atomic E-state index is 13.0. The second kappa shape index (κ2) is 13.8. The quantitative estimate of drug-likeness (QED) is 0.441. The Morgan fingerprint density at radius 3 is 2.55 bits per heavy atom. The van der Waals surface area contributed by atoms with E-state index in [1.54, 1.807) is 29.2 Å². The summed E-state index contributed by atoms with van der Waals surface area (Å²) >= 11 is 6.20. The van der Waals surface area contributed by atoms with E-state index in [0.717, 1.165) is 0 Å². The van der Waals surface area contributed by atoms with Gasteiger partial charge < -0.3 is 24.1 Å². The van der Waals surface area contributed by atoms with Crippen LogP contribution >= 0.6 is 11.6 Å². The number of amides is 2. The van der Waals surface area contributed by atoms with Crippen molar-refractivity contribution in [1.82, 2.24) is 15.2 Å². The average Bonchev–Trinajstić information content (AvgIpc) is 3.24. The third-order valence-corrected chi connectivity index (χ3v) is 4.71. The molecule has 0 atom stereocenters. The molecule has 1 aromatic carbocycles. The summed E-state index contributed by atoms with van der Waals surface area (Å²) in [6.07, 6.45) is 2.66. The number of aromatic nitrogens is 1. The molecule has 0 bridgehead atoms. The maximum absolute atomic E-state index is 13.0. The fourth-order valence-electron chi connectivity index (χ4n) is 2.82. The van der Waals surface area contributed by atoms with E-state index in [1.807, 2.05) is 13.8 Å². The Labute approximate surface area is 187 Å². The highest BCUT2D eigenvalue weighted by Crippen LogP contribution is 2.19. The number of oxazole rings is 1. The molecule has 0 aliphatic rings. The van der Waals surface area contributed by atoms with Crippen LogP contribution in [0.3, 0.4) is 0 Å². The highest BCUT2D eigenvalue weighted by Gasteiger charge is 2.21. The molecule has 0 fully saturated rings. The predicted molar refractivity (Wildman–Crippen MR) is 117 cm³/mol. The molecule has 0 unspecified atom stereocenters. The first kappa shape index (κ1) is 24.8. The molecule has 0 radical (unpaired) electrons. The van der Waals surface area contributed by atoms with E-state index < -0.39 is 0 Å². The highest BCUT2D eigenvalue weighted by atomic mass is 35.5. The van der Waals surface area contributed by atoms with Crippen LogP contribution in [0.5, 0.6) is 0 Å². The number of hydrogen-bond acceptors (Lipinski definition) is 6. The minimum Gasteiger partial charge on any atom is -0.446 e. The van der Waals surface area contributed by atoms with Gasteiger partial charge in [0, 0.05) is 39.5 Å². The van der Waals surface area contributed by atoms with Gasteiger partial charge in [-0.25, -0.2) is 4.98 Å². The van der Waals surface area contributed by atoms with Crippen molar-refractivity contribution in [3.05, 3.63) is 52.7 Å². The van der Waals surface area contributed by atoms with Crippen molar-refractivity contribution in [3.63, 3.8) is 0 Å². The summed E-state index contributed by atoms with van der Waals surface area (Å²) in [5, 5.41) is 3.15. The summed E-state index contributed by atoms with van der Waals surface area (Å²) in [5.41, 5.74) is 0.574. The van der Waals surface area contributed by atoms with Crippen LogP contribution in [0.15, 0.2) is 34.9 Å². The number of carbonyl (C=O) groups excluding carboxylic acids is 2. The fraction of sp³-hybridized carbons (Fsp3) is 0.500. The predicted octanol–water partition coefficient (Wildman–Crippen LogP) is 3.55. The van der Waals surface area contributed by atoms with Crippen LogP contribution in [0, 0.1) is 0 Å². The van der Waals surface area contributed by atoms with Crippen LogP contribution in [0.2, 0.25) is 5.02 Å². The smallest absolute Gasteiger partial charge is 0.273 e. The van der Waals surface area contributed by atoms with E-state index in [-0.39, 0.29) is 29.9 Å². The molecule has 2 amide bonds. The SMILES string of the molecule is CCOCCCNC(=O)c1coc(CN(CCCOCC)C(=O)c2ccccc2Cl)n1. The number of nitrogens with one attached hydrogen (secondary N) is 1. The van der Waals surface area contributed by atoms with Gasteiger partial charge in [-0.3, -0.25) is 9.59 Å². The molecule has 0 saturated carbocycles. The topological polar surface area (TPSA) is 93.9 Å². The largest absolute Gasteiger partial charge is 0.446 e. The molecule has 31 heavy (non-hydrogen) atoms. The van der Waals surface area contributed by atoms with Crippen LogP contribution in [-0.2, 0) is 16.0 Å². The maximum Gasteiger partial charge on any atom is 0.273 e. The van der Waals surface area contributed by atoms with Crippen molar-refractivity contribution in [2.75, 3.05) is 39.5 Å². The van der Waals surface area contributed by atoms with Gasteiger partial charge in [-0.1, -0.05) is 23.7 Å². The van der Waals surface area contributed by atoms with Crippen LogP contribution in [-0.4, -0.2) is 61.2 Å². The van der Waals surface area contributed by atoms with Crippen LogP contribution < -0.4 is 5.32 Å². The number of nitrogens with zero attached hydrogens (tertiary/aromatic N) is 2. The number of hydrogen-bond donors (Lipinski definition) is 1. The summed E-state index contributed by atoms with van der Waals surface area (Å²) in [5.74, 6) is -0.287. The van der Waals surface area contributed by atoms with Crippen molar-refractivity contribution >= 4 is 23.4 Å². The standard InChI is InChI=1S/C22H30ClN3O5/c1-3-29-13-7-11-24-21(27)19-16-31-20(25-19)15-26(12-8-14-30-4-2)22(28)17-9-5-6-10-18(17)23/h5-6,9-10,16H,3-4,7-8,11-15H2,1-2H3,(H,24,27). The Morgan fingerprint density at radius 1 is 1.13 bits per heavy atom. The first-order chi connectivity index (χ1) is 15.1. The molecule has 170 valence electrons. The van der Waals surface area contributed by atoms with Crippen molar-refractivity contribution in [2.45, 2.75) is 33.2 Å². The molecule has 1 aromatic heterocycles. The lowest BCUT2D eigenvalue weighted by Gasteiger charge is -2.21. The van der Waals surface area contributed by atoms with E-state index >= 15 is 0 Å². The van der Waals surface area contributed by atoms with Crippen LogP contribution in [0.1, 0.15) is 53.4 Å². The summed E-state index contributed by atoms with van der Waals surface area (Å²) in [7, 11) is 0. The summed E-state index contributed by atoms with van der Waals surface area (Å²) in [6, 6.07) is 6.88. The zero-order valence-corrected chi connectivity index (χ0v) is 18.8. The normalized spacial score (nSPS) is 10.8. The van der Waals surface area contributed by atoms with Gasteiger partial charge >= 0.3 is 0 Å². The number of carbonyl (C=O) groups is 2. The van der Waals surface area contributed by atoms with E-state index in [4.69, 9.17) is 25.5 Å². The summed E-state index contributed by atoms with van der Waals surface area (Å²) in [6.45, 7) is 7.25. The van der Waals surface area contributed by atoms with E-state index in [2.05, 4.69) is 10.3 Å². The van der Waals surface area contributed by atoms with Crippen molar-refractivity contribution in [3.8, 4) is 0 Å². The van der Waals surface area contributed by atoms with Crippen LogP contribution in [0.25, 0.3) is 0 Å². The second-order valence-electron chi connectivity index (χ2n) is 6.69. The molecular weight excluding hydrogens is 422 g/mol. The molecule has 0 spiro atoms. The van der Waals surface area contributed by atoms with Gasteiger partial charge in [0.2, 0.25) is 5.89 Å².